The number of aromatic nitrogens is 1. The Balaban J connectivity index is 1.46. The molecule has 7 heteroatoms. The van der Waals surface area contributed by atoms with Crippen LogP contribution in [0.1, 0.15) is 45.1 Å². The molecule has 0 spiro atoms. The number of unbranched alkanes of at least 4 members (excludes halogenated alkanes) is 2. The van der Waals surface area contributed by atoms with E-state index in [4.69, 9.17) is 4.98 Å². The topological polar surface area (TPSA) is 62.3 Å². The SMILES string of the molecule is CCCCCc1ccc(S(=O)(=O)Nc2cccc(-c3csc(N4CC=C(C)CC4)n3)c2)cc1. The van der Waals surface area contributed by atoms with Crippen LogP contribution in [0.2, 0.25) is 0 Å². The Hall–Kier alpha value is -2.64. The van der Waals surface area contributed by atoms with Crippen molar-refractivity contribution in [1.29, 1.82) is 0 Å². The normalized spacial score (nSPS) is 14.2. The first-order chi connectivity index (χ1) is 15.9. The molecule has 174 valence electrons. The Kier molecular flexibility index (Phi) is 7.50. The number of thiazole rings is 1. The molecule has 2 aromatic carbocycles. The van der Waals surface area contributed by atoms with E-state index in [2.05, 4.69) is 29.5 Å². The van der Waals surface area contributed by atoms with Crippen LogP contribution in [0.15, 0.2) is 70.5 Å². The number of aryl methyl sites for hydroxylation is 1. The van der Waals surface area contributed by atoms with Crippen LogP contribution >= 0.6 is 11.3 Å². The van der Waals surface area contributed by atoms with Crippen LogP contribution in [0.3, 0.4) is 0 Å². The van der Waals surface area contributed by atoms with Gasteiger partial charge in [0.2, 0.25) is 0 Å². The standard InChI is InChI=1S/C26H31N3O2S2/c1-3-4-5-7-21-10-12-24(13-11-21)33(30,31)28-23-9-6-8-22(18-23)25-19-32-26(27-25)29-16-14-20(2)15-17-29/h6,8-14,18-19,28H,3-5,7,15-17H2,1-2H3. The van der Waals surface area contributed by atoms with Gasteiger partial charge in [-0.05, 0) is 56.0 Å². The van der Waals surface area contributed by atoms with E-state index in [1.165, 1.54) is 24.0 Å². The van der Waals surface area contributed by atoms with E-state index in [9.17, 15) is 8.42 Å². The maximum atomic E-state index is 12.9. The number of nitrogens with zero attached hydrogens (tertiary/aromatic N) is 2. The summed E-state index contributed by atoms with van der Waals surface area (Å²) in [7, 11) is -3.65. The Morgan fingerprint density at radius 2 is 1.94 bits per heavy atom. The number of hydrogen-bond acceptors (Lipinski definition) is 5. The van der Waals surface area contributed by atoms with Gasteiger partial charge in [-0.15, -0.1) is 11.3 Å². The quantitative estimate of drug-likeness (QED) is 0.280. The number of hydrogen-bond donors (Lipinski definition) is 1. The van der Waals surface area contributed by atoms with E-state index in [1.54, 1.807) is 29.5 Å². The predicted octanol–water partition coefficient (Wildman–Crippen LogP) is 6.50. The summed E-state index contributed by atoms with van der Waals surface area (Å²) in [5.74, 6) is 0. The van der Waals surface area contributed by atoms with E-state index in [-0.39, 0.29) is 4.90 Å². The predicted molar refractivity (Wildman–Crippen MR) is 139 cm³/mol. The molecule has 33 heavy (non-hydrogen) atoms. The first kappa shape index (κ1) is 23.5. The molecule has 5 nitrogen and oxygen atoms in total. The Bertz CT molecular complexity index is 1210. The van der Waals surface area contributed by atoms with Crippen molar-refractivity contribution in [1.82, 2.24) is 4.98 Å². The number of sulfonamides is 1. The first-order valence-electron chi connectivity index (χ1n) is 11.5. The van der Waals surface area contributed by atoms with Gasteiger partial charge in [-0.25, -0.2) is 13.4 Å². The Morgan fingerprint density at radius 3 is 2.67 bits per heavy atom. The molecule has 0 saturated carbocycles. The molecule has 2 heterocycles. The van der Waals surface area contributed by atoms with Crippen molar-refractivity contribution in [2.45, 2.75) is 50.8 Å². The number of benzene rings is 2. The summed E-state index contributed by atoms with van der Waals surface area (Å²) in [5.41, 5.74) is 4.88. The lowest BCUT2D eigenvalue weighted by Crippen LogP contribution is -2.27. The van der Waals surface area contributed by atoms with Crippen LogP contribution < -0.4 is 9.62 Å². The maximum Gasteiger partial charge on any atom is 0.261 e. The van der Waals surface area contributed by atoms with E-state index >= 15 is 0 Å². The van der Waals surface area contributed by atoms with Gasteiger partial charge in [0.25, 0.3) is 10.0 Å². The third-order valence-electron chi connectivity index (χ3n) is 5.91. The van der Waals surface area contributed by atoms with E-state index in [0.29, 0.717) is 5.69 Å². The summed E-state index contributed by atoms with van der Waals surface area (Å²) in [6.45, 7) is 6.21. The fourth-order valence-corrected chi connectivity index (χ4v) is 5.78. The summed E-state index contributed by atoms with van der Waals surface area (Å²) in [6, 6.07) is 14.6. The van der Waals surface area contributed by atoms with Crippen molar-refractivity contribution >= 4 is 32.2 Å². The minimum atomic E-state index is -3.65. The molecule has 0 amide bonds. The van der Waals surface area contributed by atoms with Crippen molar-refractivity contribution < 1.29 is 8.42 Å². The average molecular weight is 482 g/mol. The zero-order chi connectivity index (χ0) is 23.3. The van der Waals surface area contributed by atoms with Crippen molar-refractivity contribution in [3.05, 3.63) is 71.1 Å². The highest BCUT2D eigenvalue weighted by atomic mass is 32.2. The van der Waals surface area contributed by atoms with Crippen LogP contribution in [-0.4, -0.2) is 26.5 Å². The second-order valence-corrected chi connectivity index (χ2v) is 11.1. The van der Waals surface area contributed by atoms with E-state index in [1.807, 2.05) is 35.7 Å². The minimum Gasteiger partial charge on any atom is -0.344 e. The van der Waals surface area contributed by atoms with Gasteiger partial charge in [-0.2, -0.15) is 0 Å². The number of nitrogens with one attached hydrogen (secondary N) is 1. The lowest BCUT2D eigenvalue weighted by atomic mass is 10.1. The Morgan fingerprint density at radius 1 is 1.12 bits per heavy atom. The Labute approximate surface area is 201 Å². The van der Waals surface area contributed by atoms with Gasteiger partial charge < -0.3 is 4.90 Å². The van der Waals surface area contributed by atoms with Crippen LogP contribution in [0.5, 0.6) is 0 Å². The van der Waals surface area contributed by atoms with Crippen LogP contribution in [0.25, 0.3) is 11.3 Å². The largest absolute Gasteiger partial charge is 0.344 e. The molecule has 0 radical (unpaired) electrons. The van der Waals surface area contributed by atoms with E-state index in [0.717, 1.165) is 48.7 Å². The molecular formula is C26H31N3O2S2. The molecule has 1 N–H and O–H groups in total. The van der Waals surface area contributed by atoms with Crippen LogP contribution in [0, 0.1) is 0 Å². The molecule has 4 rings (SSSR count). The molecule has 1 aliphatic rings. The molecule has 1 aliphatic heterocycles. The van der Waals surface area contributed by atoms with Crippen molar-refractivity contribution in [2.75, 3.05) is 22.7 Å². The lowest BCUT2D eigenvalue weighted by molar-refractivity contribution is 0.601. The summed E-state index contributed by atoms with van der Waals surface area (Å²) in [5, 5.41) is 3.03. The highest BCUT2D eigenvalue weighted by Crippen LogP contribution is 2.30. The monoisotopic (exact) mass is 481 g/mol. The van der Waals surface area contributed by atoms with Crippen molar-refractivity contribution in [3.63, 3.8) is 0 Å². The highest BCUT2D eigenvalue weighted by molar-refractivity contribution is 7.92. The second kappa shape index (κ2) is 10.5. The van der Waals surface area contributed by atoms with Gasteiger partial charge >= 0.3 is 0 Å². The molecular weight excluding hydrogens is 450 g/mol. The second-order valence-electron chi connectivity index (χ2n) is 8.55. The third kappa shape index (κ3) is 6.03. The molecule has 0 bridgehead atoms. The summed E-state index contributed by atoms with van der Waals surface area (Å²) >= 11 is 1.62. The lowest BCUT2D eigenvalue weighted by Gasteiger charge is -2.24. The van der Waals surface area contributed by atoms with Gasteiger partial charge in [0, 0.05) is 29.7 Å². The van der Waals surface area contributed by atoms with Crippen molar-refractivity contribution in [2.24, 2.45) is 0 Å². The maximum absolute atomic E-state index is 12.9. The fraction of sp³-hybridized carbons (Fsp3) is 0.346. The molecule has 0 unspecified atom stereocenters. The molecule has 1 aromatic heterocycles. The molecule has 0 aliphatic carbocycles. The fourth-order valence-electron chi connectivity index (χ4n) is 3.86. The smallest absolute Gasteiger partial charge is 0.261 e. The third-order valence-corrected chi connectivity index (χ3v) is 8.21. The van der Waals surface area contributed by atoms with Crippen LogP contribution in [0.4, 0.5) is 10.8 Å². The van der Waals surface area contributed by atoms with Crippen LogP contribution in [-0.2, 0) is 16.4 Å². The zero-order valence-electron chi connectivity index (χ0n) is 19.3. The summed E-state index contributed by atoms with van der Waals surface area (Å²) in [4.78, 5) is 7.36. The first-order valence-corrected chi connectivity index (χ1v) is 13.9. The number of anilines is 2. The number of rotatable bonds is 9. The molecule has 3 aromatic rings. The molecule has 0 saturated heterocycles. The minimum absolute atomic E-state index is 0.275. The van der Waals surface area contributed by atoms with Crippen molar-refractivity contribution in [3.8, 4) is 11.3 Å². The summed E-state index contributed by atoms with van der Waals surface area (Å²) in [6.07, 6.45) is 7.77. The van der Waals surface area contributed by atoms with Gasteiger partial charge in [-0.1, -0.05) is 55.7 Å². The zero-order valence-corrected chi connectivity index (χ0v) is 20.9. The highest BCUT2D eigenvalue weighted by Gasteiger charge is 2.17. The molecule has 0 fully saturated rings. The average Bonchev–Trinajstić information content (AvgIpc) is 3.30. The molecule has 0 atom stereocenters. The summed E-state index contributed by atoms with van der Waals surface area (Å²) < 4.78 is 28.6. The van der Waals surface area contributed by atoms with Gasteiger partial charge in [0.1, 0.15) is 0 Å². The van der Waals surface area contributed by atoms with Gasteiger partial charge in [0.05, 0.1) is 10.6 Å². The van der Waals surface area contributed by atoms with Gasteiger partial charge in [-0.3, -0.25) is 4.72 Å². The van der Waals surface area contributed by atoms with Gasteiger partial charge in [0.15, 0.2) is 5.13 Å². The van der Waals surface area contributed by atoms with E-state index < -0.39 is 10.0 Å².